The van der Waals surface area contributed by atoms with Crippen molar-refractivity contribution in [3.05, 3.63) is 23.8 Å². The molecule has 0 aromatic rings. The number of rotatable bonds is 3. The standard InChI is InChI=1S/C7H9NO/c1-2-3-7(6-9)4-5-8/h2-6,8H,1H3/b3-2-,7-4+,8-5?. The van der Waals surface area contributed by atoms with Gasteiger partial charge in [0.15, 0.2) is 0 Å². The van der Waals surface area contributed by atoms with E-state index >= 15 is 0 Å². The van der Waals surface area contributed by atoms with Crippen LogP contribution >= 0.6 is 0 Å². The first-order chi connectivity index (χ1) is 4.35. The molecular weight excluding hydrogens is 114 g/mol. The van der Waals surface area contributed by atoms with Gasteiger partial charge in [0.25, 0.3) is 0 Å². The van der Waals surface area contributed by atoms with E-state index in [4.69, 9.17) is 5.41 Å². The van der Waals surface area contributed by atoms with Gasteiger partial charge >= 0.3 is 0 Å². The molecule has 0 atom stereocenters. The number of carbonyl (C=O) groups excluding carboxylic acids is 1. The molecule has 48 valence electrons. The Bertz CT molecular complexity index is 156. The van der Waals surface area contributed by atoms with Crippen LogP contribution in [0.5, 0.6) is 0 Å². The van der Waals surface area contributed by atoms with Crippen molar-refractivity contribution in [2.75, 3.05) is 0 Å². The Morgan fingerprint density at radius 1 is 1.56 bits per heavy atom. The van der Waals surface area contributed by atoms with E-state index in [-0.39, 0.29) is 0 Å². The summed E-state index contributed by atoms with van der Waals surface area (Å²) in [6.45, 7) is 1.82. The van der Waals surface area contributed by atoms with Gasteiger partial charge in [-0.2, -0.15) is 0 Å². The zero-order chi connectivity index (χ0) is 7.11. The van der Waals surface area contributed by atoms with Crippen molar-refractivity contribution in [2.45, 2.75) is 6.92 Å². The summed E-state index contributed by atoms with van der Waals surface area (Å²) in [5.74, 6) is 0. The van der Waals surface area contributed by atoms with E-state index < -0.39 is 0 Å². The van der Waals surface area contributed by atoms with Gasteiger partial charge in [-0.3, -0.25) is 4.79 Å². The van der Waals surface area contributed by atoms with Crippen molar-refractivity contribution in [2.24, 2.45) is 0 Å². The van der Waals surface area contributed by atoms with Crippen molar-refractivity contribution in [3.63, 3.8) is 0 Å². The first-order valence-electron chi connectivity index (χ1n) is 2.63. The second-order valence-electron chi connectivity index (χ2n) is 1.45. The van der Waals surface area contributed by atoms with Gasteiger partial charge in [0.2, 0.25) is 0 Å². The summed E-state index contributed by atoms with van der Waals surface area (Å²) in [6.07, 6.45) is 6.64. The lowest BCUT2D eigenvalue weighted by Crippen LogP contribution is -1.77. The Balaban J connectivity index is 4.13. The monoisotopic (exact) mass is 123 g/mol. The summed E-state index contributed by atoms with van der Waals surface area (Å²) >= 11 is 0. The highest BCUT2D eigenvalue weighted by molar-refractivity contribution is 5.85. The van der Waals surface area contributed by atoms with Crippen LogP contribution in [0.25, 0.3) is 0 Å². The summed E-state index contributed by atoms with van der Waals surface area (Å²) in [5, 5.41) is 6.62. The lowest BCUT2D eigenvalue weighted by atomic mass is 10.2. The molecule has 1 N–H and O–H groups in total. The van der Waals surface area contributed by atoms with Crippen LogP contribution in [0.4, 0.5) is 0 Å². The van der Waals surface area contributed by atoms with Crippen LogP contribution in [0.2, 0.25) is 0 Å². The number of carbonyl (C=O) groups is 1. The molecule has 0 aromatic carbocycles. The number of hydrogen-bond donors (Lipinski definition) is 1. The minimum atomic E-state index is 0.521. The minimum absolute atomic E-state index is 0.521. The van der Waals surface area contributed by atoms with Crippen LogP contribution in [-0.2, 0) is 4.79 Å². The molecule has 2 nitrogen and oxygen atoms in total. The molecule has 0 amide bonds. The van der Waals surface area contributed by atoms with Crippen LogP contribution in [0.3, 0.4) is 0 Å². The molecule has 0 radical (unpaired) electrons. The van der Waals surface area contributed by atoms with Gasteiger partial charge in [-0.1, -0.05) is 12.2 Å². The van der Waals surface area contributed by atoms with E-state index in [0.717, 1.165) is 6.21 Å². The zero-order valence-electron chi connectivity index (χ0n) is 5.29. The van der Waals surface area contributed by atoms with Crippen LogP contribution in [0, 0.1) is 5.41 Å². The molecule has 0 spiro atoms. The molecule has 0 heterocycles. The van der Waals surface area contributed by atoms with Crippen LogP contribution in [0.1, 0.15) is 6.92 Å². The Morgan fingerprint density at radius 2 is 2.22 bits per heavy atom. The molecule has 0 bridgehead atoms. The first kappa shape index (κ1) is 7.82. The Kier molecular flexibility index (Phi) is 4.32. The molecule has 0 aromatic heterocycles. The SMILES string of the molecule is C/C=C\C(C=O)=C/C=N. The normalized spacial score (nSPS) is 11.9. The second-order valence-corrected chi connectivity index (χ2v) is 1.45. The summed E-state index contributed by atoms with van der Waals surface area (Å²) in [5.41, 5.74) is 0.521. The van der Waals surface area contributed by atoms with E-state index in [1.807, 2.05) is 6.92 Å². The number of nitrogens with one attached hydrogen (secondary N) is 1. The fourth-order valence-corrected chi connectivity index (χ4v) is 0.423. The number of aldehydes is 1. The molecule has 0 fully saturated rings. The maximum Gasteiger partial charge on any atom is 0.150 e. The predicted octanol–water partition coefficient (Wildman–Crippen LogP) is 1.34. The molecular formula is C7H9NO. The average Bonchev–Trinajstić information content (AvgIpc) is 1.88. The number of hydrogen-bond acceptors (Lipinski definition) is 2. The molecule has 0 aliphatic rings. The summed E-state index contributed by atoms with van der Waals surface area (Å²) < 4.78 is 0. The van der Waals surface area contributed by atoms with Crippen molar-refractivity contribution < 1.29 is 4.79 Å². The summed E-state index contributed by atoms with van der Waals surface area (Å²) in [7, 11) is 0. The van der Waals surface area contributed by atoms with Crippen LogP contribution < -0.4 is 0 Å². The topological polar surface area (TPSA) is 40.9 Å². The van der Waals surface area contributed by atoms with Crippen LogP contribution in [0.15, 0.2) is 23.8 Å². The molecule has 0 saturated carbocycles. The van der Waals surface area contributed by atoms with E-state index in [0.29, 0.717) is 11.9 Å². The largest absolute Gasteiger partial charge is 0.309 e. The summed E-state index contributed by atoms with van der Waals surface area (Å²) in [6, 6.07) is 0. The van der Waals surface area contributed by atoms with Crippen LogP contribution in [-0.4, -0.2) is 12.5 Å². The van der Waals surface area contributed by atoms with Crippen molar-refractivity contribution in [1.82, 2.24) is 0 Å². The van der Waals surface area contributed by atoms with Crippen molar-refractivity contribution >= 4 is 12.5 Å². The third-order valence-corrected chi connectivity index (χ3v) is 0.771. The number of allylic oxidation sites excluding steroid dienone is 4. The Hall–Kier alpha value is -1.18. The highest BCUT2D eigenvalue weighted by atomic mass is 16.1. The van der Waals surface area contributed by atoms with E-state index in [2.05, 4.69) is 0 Å². The lowest BCUT2D eigenvalue weighted by molar-refractivity contribution is -0.104. The summed E-state index contributed by atoms with van der Waals surface area (Å²) in [4.78, 5) is 10.1. The van der Waals surface area contributed by atoms with E-state index in [1.54, 1.807) is 12.2 Å². The van der Waals surface area contributed by atoms with Crippen molar-refractivity contribution in [3.8, 4) is 0 Å². The highest BCUT2D eigenvalue weighted by Crippen LogP contribution is 1.88. The lowest BCUT2D eigenvalue weighted by Gasteiger charge is -1.81. The fourth-order valence-electron chi connectivity index (χ4n) is 0.423. The van der Waals surface area contributed by atoms with Gasteiger partial charge in [0.1, 0.15) is 6.29 Å². The average molecular weight is 123 g/mol. The quantitative estimate of drug-likeness (QED) is 0.261. The van der Waals surface area contributed by atoms with Gasteiger partial charge in [-0.15, -0.1) is 0 Å². The van der Waals surface area contributed by atoms with Crippen molar-refractivity contribution in [1.29, 1.82) is 5.41 Å². The molecule has 0 unspecified atom stereocenters. The molecule has 0 aliphatic heterocycles. The highest BCUT2D eigenvalue weighted by Gasteiger charge is 1.81. The maximum atomic E-state index is 10.1. The molecule has 9 heavy (non-hydrogen) atoms. The third kappa shape index (κ3) is 3.41. The molecule has 2 heteroatoms. The molecule has 0 rings (SSSR count). The maximum absolute atomic E-state index is 10.1. The predicted molar refractivity (Wildman–Crippen MR) is 37.7 cm³/mol. The third-order valence-electron chi connectivity index (χ3n) is 0.771. The second kappa shape index (κ2) is 4.97. The smallest absolute Gasteiger partial charge is 0.150 e. The Labute approximate surface area is 54.4 Å². The first-order valence-corrected chi connectivity index (χ1v) is 2.63. The van der Waals surface area contributed by atoms with Gasteiger partial charge in [0.05, 0.1) is 0 Å². The van der Waals surface area contributed by atoms with Gasteiger partial charge < -0.3 is 5.41 Å². The molecule has 0 aliphatic carbocycles. The van der Waals surface area contributed by atoms with E-state index in [9.17, 15) is 4.79 Å². The minimum Gasteiger partial charge on any atom is -0.309 e. The Morgan fingerprint density at radius 3 is 2.56 bits per heavy atom. The van der Waals surface area contributed by atoms with Gasteiger partial charge in [-0.05, 0) is 13.0 Å². The fraction of sp³-hybridized carbons (Fsp3) is 0.143. The van der Waals surface area contributed by atoms with Gasteiger partial charge in [-0.25, -0.2) is 0 Å². The molecule has 0 saturated heterocycles. The van der Waals surface area contributed by atoms with Gasteiger partial charge in [0, 0.05) is 11.8 Å². The zero-order valence-corrected chi connectivity index (χ0v) is 5.29. The van der Waals surface area contributed by atoms with E-state index in [1.165, 1.54) is 6.08 Å².